The Labute approximate surface area is 224 Å². The molecule has 4 aromatic carbocycles. The lowest BCUT2D eigenvalue weighted by atomic mass is 9.59. The number of benzene rings is 4. The standard InChI is InChI=1S/C30H28O2.C3H8O3/c31-19-17-22-9-13-26(14-10-22)30(27-15-11-23(12-16-27)18-20-32)28-7-3-1-5-24(28)21-25-6-2-4-8-29(25)30;4-1-3(6)2-5/h1-16,31-32H,17-21H2;3-6H,1-2H2. The van der Waals surface area contributed by atoms with Crippen LogP contribution in [0.4, 0.5) is 0 Å². The first kappa shape index (κ1) is 27.7. The van der Waals surface area contributed by atoms with Gasteiger partial charge in [-0.15, -0.1) is 0 Å². The van der Waals surface area contributed by atoms with Gasteiger partial charge in [-0.25, -0.2) is 0 Å². The predicted molar refractivity (Wildman–Crippen MR) is 149 cm³/mol. The maximum atomic E-state index is 9.38. The summed E-state index contributed by atoms with van der Waals surface area (Å²) < 4.78 is 0. The molecule has 0 atom stereocenters. The van der Waals surface area contributed by atoms with Crippen molar-refractivity contribution in [2.45, 2.75) is 30.8 Å². The summed E-state index contributed by atoms with van der Waals surface area (Å²) in [6, 6.07) is 35.1. The Morgan fingerprint density at radius 3 is 1.29 bits per heavy atom. The molecule has 1 aliphatic carbocycles. The molecule has 0 spiro atoms. The molecule has 0 amide bonds. The number of hydrogen-bond donors (Lipinski definition) is 5. The minimum absolute atomic E-state index is 0.155. The van der Waals surface area contributed by atoms with Gasteiger partial charge in [-0.05, 0) is 63.8 Å². The predicted octanol–water partition coefficient (Wildman–Crippen LogP) is 3.38. The minimum Gasteiger partial charge on any atom is -0.396 e. The van der Waals surface area contributed by atoms with E-state index in [4.69, 9.17) is 15.3 Å². The Hall–Kier alpha value is -3.32. The summed E-state index contributed by atoms with van der Waals surface area (Å²) in [7, 11) is 0. The highest BCUT2D eigenvalue weighted by Crippen LogP contribution is 2.50. The second kappa shape index (κ2) is 13.0. The van der Waals surface area contributed by atoms with Crippen LogP contribution in [0.25, 0.3) is 0 Å². The zero-order valence-corrected chi connectivity index (χ0v) is 21.5. The van der Waals surface area contributed by atoms with E-state index in [1.807, 2.05) is 0 Å². The summed E-state index contributed by atoms with van der Waals surface area (Å²) in [6.45, 7) is -0.419. The molecular weight excluding hydrogens is 476 g/mol. The molecule has 5 N–H and O–H groups in total. The molecule has 0 fully saturated rings. The Morgan fingerprint density at radius 1 is 0.553 bits per heavy atom. The van der Waals surface area contributed by atoms with Crippen LogP contribution >= 0.6 is 0 Å². The summed E-state index contributed by atoms with van der Waals surface area (Å²) in [4.78, 5) is 0. The minimum atomic E-state index is -0.954. The van der Waals surface area contributed by atoms with Gasteiger partial charge in [-0.2, -0.15) is 0 Å². The highest BCUT2D eigenvalue weighted by Gasteiger charge is 2.43. The van der Waals surface area contributed by atoms with Crippen molar-refractivity contribution in [1.82, 2.24) is 0 Å². The maximum absolute atomic E-state index is 9.38. The molecular formula is C33H36O5. The van der Waals surface area contributed by atoms with Crippen molar-refractivity contribution >= 4 is 0 Å². The first-order chi connectivity index (χ1) is 18.6. The summed E-state index contributed by atoms with van der Waals surface area (Å²) in [6.07, 6.45) is 1.30. The van der Waals surface area contributed by atoms with Crippen LogP contribution < -0.4 is 0 Å². The largest absolute Gasteiger partial charge is 0.396 e. The molecule has 0 saturated heterocycles. The van der Waals surface area contributed by atoms with E-state index in [1.165, 1.54) is 33.4 Å². The third kappa shape index (κ3) is 5.58. The van der Waals surface area contributed by atoms with Gasteiger partial charge in [0.1, 0.15) is 6.10 Å². The lowest BCUT2D eigenvalue weighted by molar-refractivity contribution is 0.0450. The summed E-state index contributed by atoms with van der Waals surface area (Å²) in [5.74, 6) is 0. The van der Waals surface area contributed by atoms with E-state index < -0.39 is 11.5 Å². The normalized spacial score (nSPS) is 13.3. The molecule has 0 saturated carbocycles. The van der Waals surface area contributed by atoms with Crippen LogP contribution in [0.5, 0.6) is 0 Å². The smallest absolute Gasteiger partial charge is 0.100 e. The van der Waals surface area contributed by atoms with Crippen molar-refractivity contribution in [2.75, 3.05) is 26.4 Å². The summed E-state index contributed by atoms with van der Waals surface area (Å²) in [5, 5.41) is 42.8. The summed E-state index contributed by atoms with van der Waals surface area (Å²) in [5.41, 5.74) is 9.68. The molecule has 0 radical (unpaired) electrons. The molecule has 198 valence electrons. The fraction of sp³-hybridized carbons (Fsp3) is 0.273. The van der Waals surface area contributed by atoms with Gasteiger partial charge in [-0.1, -0.05) is 97.1 Å². The molecule has 0 aromatic heterocycles. The van der Waals surface area contributed by atoms with Gasteiger partial charge >= 0.3 is 0 Å². The Morgan fingerprint density at radius 2 is 0.947 bits per heavy atom. The van der Waals surface area contributed by atoms with Crippen molar-refractivity contribution in [3.63, 3.8) is 0 Å². The SMILES string of the molecule is OCC(O)CO.OCCc1ccc(C2(c3ccc(CCO)cc3)c3ccccc3Cc3ccccc32)cc1. The van der Waals surface area contributed by atoms with E-state index in [-0.39, 0.29) is 26.4 Å². The van der Waals surface area contributed by atoms with Gasteiger partial charge in [0, 0.05) is 13.2 Å². The zero-order valence-electron chi connectivity index (χ0n) is 21.5. The van der Waals surface area contributed by atoms with Gasteiger partial charge in [0.25, 0.3) is 0 Å². The Kier molecular flexibility index (Phi) is 9.45. The fourth-order valence-electron chi connectivity index (χ4n) is 5.38. The van der Waals surface area contributed by atoms with Gasteiger partial charge in [0.05, 0.1) is 18.6 Å². The van der Waals surface area contributed by atoms with Crippen LogP contribution in [0.3, 0.4) is 0 Å². The van der Waals surface area contributed by atoms with E-state index in [9.17, 15) is 10.2 Å². The quantitative estimate of drug-likeness (QED) is 0.220. The van der Waals surface area contributed by atoms with Crippen LogP contribution in [0.2, 0.25) is 0 Å². The van der Waals surface area contributed by atoms with Crippen LogP contribution in [-0.2, 0) is 24.7 Å². The van der Waals surface area contributed by atoms with Crippen LogP contribution in [0.1, 0.15) is 44.5 Å². The maximum Gasteiger partial charge on any atom is 0.100 e. The average Bonchev–Trinajstić information content (AvgIpc) is 2.97. The third-order valence-electron chi connectivity index (χ3n) is 7.22. The number of aliphatic hydroxyl groups is 5. The lowest BCUT2D eigenvalue weighted by Gasteiger charge is -2.42. The molecule has 0 aliphatic heterocycles. The number of fused-ring (bicyclic) bond motifs is 2. The van der Waals surface area contributed by atoms with Crippen LogP contribution in [-0.4, -0.2) is 58.1 Å². The molecule has 0 heterocycles. The molecule has 5 nitrogen and oxygen atoms in total. The molecule has 1 aliphatic rings. The molecule has 0 bridgehead atoms. The van der Waals surface area contributed by atoms with Crippen molar-refractivity contribution in [2.24, 2.45) is 0 Å². The molecule has 4 aromatic rings. The number of rotatable bonds is 8. The molecule has 38 heavy (non-hydrogen) atoms. The zero-order chi connectivity index (χ0) is 27.0. The van der Waals surface area contributed by atoms with E-state index in [2.05, 4.69) is 97.1 Å². The van der Waals surface area contributed by atoms with Gasteiger partial charge < -0.3 is 25.5 Å². The van der Waals surface area contributed by atoms with Gasteiger partial charge in [0.2, 0.25) is 0 Å². The Balaban J connectivity index is 0.000000505. The second-order valence-electron chi connectivity index (χ2n) is 9.60. The average molecular weight is 513 g/mol. The topological polar surface area (TPSA) is 101 Å². The third-order valence-corrected chi connectivity index (χ3v) is 7.22. The van der Waals surface area contributed by atoms with Crippen LogP contribution in [0.15, 0.2) is 97.1 Å². The second-order valence-corrected chi connectivity index (χ2v) is 9.60. The van der Waals surface area contributed by atoms with Crippen molar-refractivity contribution in [1.29, 1.82) is 0 Å². The van der Waals surface area contributed by atoms with Crippen LogP contribution in [0, 0.1) is 0 Å². The van der Waals surface area contributed by atoms with Gasteiger partial charge in [-0.3, -0.25) is 0 Å². The van der Waals surface area contributed by atoms with E-state index in [0.29, 0.717) is 12.8 Å². The van der Waals surface area contributed by atoms with E-state index in [1.54, 1.807) is 0 Å². The van der Waals surface area contributed by atoms with Crippen molar-refractivity contribution in [3.05, 3.63) is 142 Å². The number of aliphatic hydroxyl groups excluding tert-OH is 5. The molecule has 5 rings (SSSR count). The van der Waals surface area contributed by atoms with Crippen molar-refractivity contribution < 1.29 is 25.5 Å². The highest BCUT2D eigenvalue weighted by atomic mass is 16.3. The van der Waals surface area contributed by atoms with E-state index >= 15 is 0 Å². The van der Waals surface area contributed by atoms with Gasteiger partial charge in [0.15, 0.2) is 0 Å². The number of hydrogen-bond acceptors (Lipinski definition) is 5. The summed E-state index contributed by atoms with van der Waals surface area (Å²) >= 11 is 0. The molecule has 0 unspecified atom stereocenters. The first-order valence-electron chi connectivity index (χ1n) is 13.1. The Bertz CT molecular complexity index is 1200. The first-order valence-corrected chi connectivity index (χ1v) is 13.1. The molecule has 5 heteroatoms. The van der Waals surface area contributed by atoms with E-state index in [0.717, 1.165) is 17.5 Å². The monoisotopic (exact) mass is 512 g/mol. The fourth-order valence-corrected chi connectivity index (χ4v) is 5.38. The lowest BCUT2D eigenvalue weighted by Crippen LogP contribution is -2.36. The van der Waals surface area contributed by atoms with Crippen molar-refractivity contribution in [3.8, 4) is 0 Å². The highest BCUT2D eigenvalue weighted by molar-refractivity contribution is 5.66.